The number of nitrogens with zero attached hydrogens (tertiary/aromatic N) is 1. The van der Waals surface area contributed by atoms with Gasteiger partial charge in [-0.2, -0.15) is 0 Å². The first-order chi connectivity index (χ1) is 10.2. The van der Waals surface area contributed by atoms with Gasteiger partial charge in [0, 0.05) is 31.5 Å². The number of alkyl halides is 1. The van der Waals surface area contributed by atoms with Crippen LogP contribution in [0.1, 0.15) is 12.0 Å². The summed E-state index contributed by atoms with van der Waals surface area (Å²) in [5.41, 5.74) is 0.672. The molecule has 0 saturated carbocycles. The molecule has 1 atom stereocenters. The molecular formula is C16H19ClFNO2. The first-order valence-electron chi connectivity index (χ1n) is 6.96. The molecule has 1 aromatic carbocycles. The highest BCUT2D eigenvalue weighted by Gasteiger charge is 2.18. The largest absolute Gasteiger partial charge is 0.489 e. The van der Waals surface area contributed by atoms with E-state index < -0.39 is 0 Å². The second kappa shape index (κ2) is 8.23. The van der Waals surface area contributed by atoms with Crippen molar-refractivity contribution in [1.29, 1.82) is 0 Å². The van der Waals surface area contributed by atoms with Crippen LogP contribution >= 0.6 is 11.6 Å². The Balaban J connectivity index is 2.01. The highest BCUT2D eigenvalue weighted by Crippen LogP contribution is 2.20. The van der Waals surface area contributed by atoms with Crippen LogP contribution in [0.15, 0.2) is 18.2 Å². The molecule has 1 heterocycles. The maximum atomic E-state index is 13.4. The van der Waals surface area contributed by atoms with Crippen LogP contribution in [0.25, 0.3) is 0 Å². The van der Waals surface area contributed by atoms with E-state index in [4.69, 9.17) is 21.1 Å². The molecule has 2 rings (SSSR count). The third-order valence-corrected chi connectivity index (χ3v) is 3.34. The van der Waals surface area contributed by atoms with Crippen molar-refractivity contribution in [3.63, 3.8) is 0 Å². The van der Waals surface area contributed by atoms with Crippen molar-refractivity contribution >= 4 is 11.6 Å². The molecule has 1 fully saturated rings. The Morgan fingerprint density at radius 2 is 2.38 bits per heavy atom. The van der Waals surface area contributed by atoms with Crippen molar-refractivity contribution in [3.05, 3.63) is 29.6 Å². The van der Waals surface area contributed by atoms with Crippen LogP contribution < -0.4 is 4.74 Å². The first-order valence-corrected chi connectivity index (χ1v) is 7.50. The van der Waals surface area contributed by atoms with Gasteiger partial charge < -0.3 is 14.4 Å². The predicted molar refractivity (Wildman–Crippen MR) is 81.3 cm³/mol. The van der Waals surface area contributed by atoms with Crippen LogP contribution in [-0.2, 0) is 4.74 Å². The summed E-state index contributed by atoms with van der Waals surface area (Å²) in [7, 11) is 2.04. The molecule has 1 aliphatic heterocycles. The van der Waals surface area contributed by atoms with Crippen molar-refractivity contribution in [2.45, 2.75) is 12.5 Å². The molecule has 1 saturated heterocycles. The zero-order valence-electron chi connectivity index (χ0n) is 12.1. The van der Waals surface area contributed by atoms with E-state index in [1.807, 2.05) is 7.05 Å². The molecule has 0 radical (unpaired) electrons. The van der Waals surface area contributed by atoms with Gasteiger partial charge in [0.05, 0.1) is 12.2 Å². The van der Waals surface area contributed by atoms with Gasteiger partial charge in [0.25, 0.3) is 0 Å². The van der Waals surface area contributed by atoms with E-state index in [0.717, 1.165) is 13.1 Å². The van der Waals surface area contributed by atoms with Crippen molar-refractivity contribution in [1.82, 2.24) is 4.90 Å². The Morgan fingerprint density at radius 1 is 1.52 bits per heavy atom. The Labute approximate surface area is 130 Å². The average molecular weight is 312 g/mol. The van der Waals surface area contributed by atoms with E-state index in [1.54, 1.807) is 6.07 Å². The summed E-state index contributed by atoms with van der Waals surface area (Å²) in [4.78, 5) is 2.18. The molecule has 1 aliphatic rings. The minimum Gasteiger partial charge on any atom is -0.489 e. The minimum absolute atomic E-state index is 0.00401. The maximum Gasteiger partial charge on any atom is 0.137 e. The third kappa shape index (κ3) is 5.20. The van der Waals surface area contributed by atoms with Crippen molar-refractivity contribution in [2.75, 3.05) is 39.2 Å². The summed E-state index contributed by atoms with van der Waals surface area (Å²) in [6.07, 6.45) is 0.588. The number of morpholine rings is 1. The highest BCUT2D eigenvalue weighted by atomic mass is 35.5. The molecule has 1 unspecified atom stereocenters. The fourth-order valence-electron chi connectivity index (χ4n) is 2.07. The number of halogens is 2. The molecule has 5 heteroatoms. The molecule has 0 bridgehead atoms. The number of likely N-dealkylation sites (N-methyl/N-ethyl adjacent to an activating group) is 1. The Morgan fingerprint density at radius 3 is 3.14 bits per heavy atom. The molecule has 114 valence electrons. The topological polar surface area (TPSA) is 21.7 Å². The zero-order valence-corrected chi connectivity index (χ0v) is 12.8. The molecule has 0 aliphatic carbocycles. The highest BCUT2D eigenvalue weighted by molar-refractivity contribution is 6.18. The summed E-state index contributed by atoms with van der Waals surface area (Å²) < 4.78 is 24.7. The minimum atomic E-state index is -0.338. The van der Waals surface area contributed by atoms with Gasteiger partial charge in [-0.1, -0.05) is 11.8 Å². The molecule has 0 spiro atoms. The summed E-state index contributed by atoms with van der Waals surface area (Å²) in [5.74, 6) is 6.49. The molecule has 1 aromatic rings. The van der Waals surface area contributed by atoms with E-state index in [9.17, 15) is 4.39 Å². The van der Waals surface area contributed by atoms with Crippen molar-refractivity contribution < 1.29 is 13.9 Å². The van der Waals surface area contributed by atoms with Crippen LogP contribution in [0.5, 0.6) is 5.75 Å². The second-order valence-corrected chi connectivity index (χ2v) is 5.33. The van der Waals surface area contributed by atoms with Gasteiger partial charge in [0.15, 0.2) is 0 Å². The SMILES string of the molecule is CN1CCOC(COc2cc(F)ccc2C#CCCCl)C1. The van der Waals surface area contributed by atoms with Gasteiger partial charge in [-0.3, -0.25) is 0 Å². The molecular weight excluding hydrogens is 293 g/mol. The summed E-state index contributed by atoms with van der Waals surface area (Å²) in [6, 6.07) is 4.36. The lowest BCUT2D eigenvalue weighted by molar-refractivity contribution is -0.0404. The Kier molecular flexibility index (Phi) is 6.31. The first kappa shape index (κ1) is 16.1. The normalized spacial score (nSPS) is 18.9. The van der Waals surface area contributed by atoms with Gasteiger partial charge in [0.2, 0.25) is 0 Å². The molecule has 21 heavy (non-hydrogen) atoms. The van der Waals surface area contributed by atoms with E-state index in [-0.39, 0.29) is 11.9 Å². The zero-order chi connectivity index (χ0) is 15.1. The molecule has 0 N–H and O–H groups in total. The quantitative estimate of drug-likeness (QED) is 0.630. The fraction of sp³-hybridized carbons (Fsp3) is 0.500. The number of rotatable bonds is 4. The van der Waals surface area contributed by atoms with Crippen LogP contribution in [0.3, 0.4) is 0 Å². The smallest absolute Gasteiger partial charge is 0.137 e. The third-order valence-electron chi connectivity index (χ3n) is 3.15. The predicted octanol–water partition coefficient (Wildman–Crippen LogP) is 2.52. The Bertz CT molecular complexity index is 527. The monoisotopic (exact) mass is 311 g/mol. The van der Waals surface area contributed by atoms with Gasteiger partial charge >= 0.3 is 0 Å². The van der Waals surface area contributed by atoms with E-state index in [2.05, 4.69) is 16.7 Å². The van der Waals surface area contributed by atoms with E-state index in [1.165, 1.54) is 12.1 Å². The lowest BCUT2D eigenvalue weighted by atomic mass is 10.2. The summed E-state index contributed by atoms with van der Waals surface area (Å²) in [5, 5.41) is 0. The van der Waals surface area contributed by atoms with Gasteiger partial charge in [0.1, 0.15) is 24.3 Å². The lowest BCUT2D eigenvalue weighted by Gasteiger charge is -2.29. The van der Waals surface area contributed by atoms with Crippen molar-refractivity contribution in [3.8, 4) is 17.6 Å². The van der Waals surface area contributed by atoms with Gasteiger partial charge in [-0.25, -0.2) is 4.39 Å². The van der Waals surface area contributed by atoms with Gasteiger partial charge in [-0.15, -0.1) is 11.6 Å². The number of hydrogen-bond donors (Lipinski definition) is 0. The fourth-order valence-corrected chi connectivity index (χ4v) is 2.17. The molecule has 3 nitrogen and oxygen atoms in total. The van der Waals surface area contributed by atoms with E-state index in [0.29, 0.717) is 36.8 Å². The second-order valence-electron chi connectivity index (χ2n) is 4.95. The molecule has 0 amide bonds. The number of hydrogen-bond acceptors (Lipinski definition) is 3. The standard InChI is InChI=1S/C16H19ClFNO2/c1-19-8-9-20-15(11-19)12-21-16-10-14(18)6-5-13(16)4-2-3-7-17/h5-6,10,15H,3,7-9,11-12H2,1H3. The van der Waals surface area contributed by atoms with Crippen molar-refractivity contribution in [2.24, 2.45) is 0 Å². The van der Waals surface area contributed by atoms with Crippen LogP contribution in [0.4, 0.5) is 4.39 Å². The van der Waals surface area contributed by atoms with E-state index >= 15 is 0 Å². The van der Waals surface area contributed by atoms with Crippen LogP contribution in [0.2, 0.25) is 0 Å². The number of ether oxygens (including phenoxy) is 2. The van der Waals surface area contributed by atoms with Crippen LogP contribution in [-0.4, -0.2) is 50.2 Å². The number of benzene rings is 1. The summed E-state index contributed by atoms with van der Waals surface area (Å²) in [6.45, 7) is 2.81. The average Bonchev–Trinajstić information content (AvgIpc) is 2.47. The summed E-state index contributed by atoms with van der Waals surface area (Å²) >= 11 is 5.59. The lowest BCUT2D eigenvalue weighted by Crippen LogP contribution is -2.42. The molecule has 0 aromatic heterocycles. The maximum absolute atomic E-state index is 13.4. The van der Waals surface area contributed by atoms with Crippen LogP contribution in [0, 0.1) is 17.7 Å². The van der Waals surface area contributed by atoms with Gasteiger partial charge in [-0.05, 0) is 19.2 Å². The Hall–Kier alpha value is -1.28.